The van der Waals surface area contributed by atoms with Crippen molar-refractivity contribution in [2.75, 3.05) is 6.61 Å². The van der Waals surface area contributed by atoms with Crippen LogP contribution in [0.4, 0.5) is 0 Å². The van der Waals surface area contributed by atoms with Gasteiger partial charge in [-0.25, -0.2) is 4.79 Å². The number of amides is 4. The third-order valence-electron chi connectivity index (χ3n) is 4.63. The summed E-state index contributed by atoms with van der Waals surface area (Å²) in [6.45, 7) is 0.190. The fourth-order valence-corrected chi connectivity index (χ4v) is 2.77. The Hall–Kier alpha value is -3.75. The highest BCUT2D eigenvalue weighted by Gasteiger charge is 2.33. The number of aromatic hydroxyl groups is 1. The number of carboxylic acids is 1. The number of aliphatic hydroxyl groups is 2. The van der Waals surface area contributed by atoms with Crippen molar-refractivity contribution in [1.82, 2.24) is 16.0 Å². The Morgan fingerprint density at radius 1 is 0.941 bits per heavy atom. The van der Waals surface area contributed by atoms with Gasteiger partial charge in [0.05, 0.1) is 25.2 Å². The second kappa shape index (κ2) is 13.1. The molecule has 34 heavy (non-hydrogen) atoms. The highest BCUT2D eigenvalue weighted by atomic mass is 16.4. The molecule has 5 unspecified atom stereocenters. The largest absolute Gasteiger partial charge is 0.508 e. The zero-order valence-electron chi connectivity index (χ0n) is 18.3. The average Bonchev–Trinajstić information content (AvgIpc) is 2.75. The molecule has 0 heterocycles. The molecule has 0 saturated carbocycles. The van der Waals surface area contributed by atoms with Gasteiger partial charge in [0.1, 0.15) is 23.9 Å². The molecule has 14 heteroatoms. The molecule has 0 aliphatic rings. The topological polar surface area (TPSA) is 254 Å². The summed E-state index contributed by atoms with van der Waals surface area (Å²) in [5, 5.41) is 43.5. The van der Waals surface area contributed by atoms with E-state index in [1.807, 2.05) is 5.32 Å². The molecule has 14 nitrogen and oxygen atoms in total. The maximum absolute atomic E-state index is 12.7. The molecule has 5 atom stereocenters. The molecule has 0 radical (unpaired) electrons. The summed E-state index contributed by atoms with van der Waals surface area (Å²) in [4.78, 5) is 59.9. The van der Waals surface area contributed by atoms with E-state index >= 15 is 0 Å². The maximum atomic E-state index is 12.7. The number of aliphatic carboxylic acids is 1. The summed E-state index contributed by atoms with van der Waals surface area (Å²) in [5.74, 6) is -5.51. The van der Waals surface area contributed by atoms with E-state index in [-0.39, 0.29) is 12.2 Å². The number of carbonyl (C=O) groups excluding carboxylic acids is 4. The molecule has 0 aromatic heterocycles. The van der Waals surface area contributed by atoms with Gasteiger partial charge in [0.25, 0.3) is 0 Å². The van der Waals surface area contributed by atoms with Crippen LogP contribution in [0.2, 0.25) is 0 Å². The van der Waals surface area contributed by atoms with Crippen molar-refractivity contribution in [3.63, 3.8) is 0 Å². The van der Waals surface area contributed by atoms with E-state index in [2.05, 4.69) is 10.6 Å². The number of rotatable bonds is 13. The summed E-state index contributed by atoms with van der Waals surface area (Å²) in [7, 11) is 0. The summed E-state index contributed by atoms with van der Waals surface area (Å²) in [5.41, 5.74) is 11.6. The molecule has 0 aliphatic carbocycles. The molecule has 0 aliphatic heterocycles. The summed E-state index contributed by atoms with van der Waals surface area (Å²) >= 11 is 0. The van der Waals surface area contributed by atoms with Crippen LogP contribution < -0.4 is 27.4 Å². The number of nitrogens with one attached hydrogen (secondary N) is 3. The first kappa shape index (κ1) is 28.3. The van der Waals surface area contributed by atoms with E-state index in [1.165, 1.54) is 12.1 Å². The summed E-state index contributed by atoms with van der Waals surface area (Å²) in [6.07, 6.45) is -2.14. The Morgan fingerprint density at radius 2 is 1.50 bits per heavy atom. The highest BCUT2D eigenvalue weighted by Crippen LogP contribution is 2.11. The number of hydrogen-bond acceptors (Lipinski definition) is 9. The Labute approximate surface area is 194 Å². The molecule has 1 aromatic rings. The third kappa shape index (κ3) is 9.01. The van der Waals surface area contributed by atoms with Crippen LogP contribution in [0, 0.1) is 0 Å². The average molecular weight is 483 g/mol. The summed E-state index contributed by atoms with van der Waals surface area (Å²) in [6, 6.07) is -0.199. The minimum Gasteiger partial charge on any atom is -0.508 e. The number of carboxylic acid groups (broad SMARTS) is 1. The molecular formula is C20H29N5O9. The minimum atomic E-state index is -1.69. The number of benzene rings is 1. The number of primary amides is 1. The lowest BCUT2D eigenvalue weighted by molar-refractivity contribution is -0.144. The van der Waals surface area contributed by atoms with Crippen molar-refractivity contribution >= 4 is 29.6 Å². The lowest BCUT2D eigenvalue weighted by Crippen LogP contribution is -2.60. The first-order valence-electron chi connectivity index (χ1n) is 10.1. The van der Waals surface area contributed by atoms with Gasteiger partial charge in [-0.2, -0.15) is 0 Å². The SMILES string of the molecule is CC(O)C(NC(=O)C(CC(N)=O)NC(=O)C(N)Cc1ccc(O)cc1)C(=O)NC(CO)C(=O)O. The van der Waals surface area contributed by atoms with Crippen LogP contribution in [0.15, 0.2) is 24.3 Å². The van der Waals surface area contributed by atoms with Crippen LogP contribution in [-0.2, 0) is 30.4 Å². The van der Waals surface area contributed by atoms with Gasteiger partial charge in [0.2, 0.25) is 23.6 Å². The van der Waals surface area contributed by atoms with Crippen molar-refractivity contribution in [3.8, 4) is 5.75 Å². The molecule has 0 fully saturated rings. The predicted octanol–water partition coefficient (Wildman–Crippen LogP) is -3.95. The first-order chi connectivity index (χ1) is 15.8. The van der Waals surface area contributed by atoms with Crippen molar-refractivity contribution in [2.45, 2.75) is 50.0 Å². The van der Waals surface area contributed by atoms with Gasteiger partial charge < -0.3 is 47.8 Å². The lowest BCUT2D eigenvalue weighted by atomic mass is 10.0. The van der Waals surface area contributed by atoms with E-state index in [4.69, 9.17) is 21.7 Å². The lowest BCUT2D eigenvalue weighted by Gasteiger charge is -2.26. The fourth-order valence-electron chi connectivity index (χ4n) is 2.77. The van der Waals surface area contributed by atoms with E-state index in [9.17, 15) is 34.2 Å². The van der Waals surface area contributed by atoms with Gasteiger partial charge in [0.15, 0.2) is 0 Å². The number of nitrogens with two attached hydrogens (primary N) is 2. The smallest absolute Gasteiger partial charge is 0.328 e. The van der Waals surface area contributed by atoms with Crippen molar-refractivity contribution < 1.29 is 44.4 Å². The quantitative estimate of drug-likeness (QED) is 0.131. The monoisotopic (exact) mass is 483 g/mol. The van der Waals surface area contributed by atoms with Crippen molar-refractivity contribution in [2.24, 2.45) is 11.5 Å². The van der Waals surface area contributed by atoms with Crippen LogP contribution in [0.1, 0.15) is 18.9 Å². The van der Waals surface area contributed by atoms with E-state index < -0.39 is 72.9 Å². The molecule has 0 bridgehead atoms. The predicted molar refractivity (Wildman–Crippen MR) is 116 cm³/mol. The number of aliphatic hydroxyl groups excluding tert-OH is 2. The Morgan fingerprint density at radius 3 is 1.97 bits per heavy atom. The van der Waals surface area contributed by atoms with Crippen LogP contribution in [-0.4, -0.2) is 86.9 Å². The van der Waals surface area contributed by atoms with E-state index in [0.717, 1.165) is 6.92 Å². The standard InChI is InChI=1S/C20H29N5O9/c1-9(27)16(19(32)24-14(8-26)20(33)34)25-18(31)13(7-15(22)29)23-17(30)12(21)6-10-2-4-11(28)5-3-10/h2-5,9,12-14,16,26-28H,6-8,21H2,1H3,(H2,22,29)(H,23,30)(H,24,32)(H,25,31)(H,33,34). The molecule has 0 saturated heterocycles. The van der Waals surface area contributed by atoms with Crippen molar-refractivity contribution in [1.29, 1.82) is 0 Å². The second-order valence-electron chi connectivity index (χ2n) is 7.52. The molecule has 0 spiro atoms. The number of hydrogen-bond donors (Lipinski definition) is 9. The maximum Gasteiger partial charge on any atom is 0.328 e. The number of phenols is 1. The van der Waals surface area contributed by atoms with Crippen LogP contribution in [0.25, 0.3) is 0 Å². The van der Waals surface area contributed by atoms with Gasteiger partial charge in [-0.05, 0) is 31.0 Å². The van der Waals surface area contributed by atoms with E-state index in [0.29, 0.717) is 5.56 Å². The van der Waals surface area contributed by atoms with Crippen molar-refractivity contribution in [3.05, 3.63) is 29.8 Å². The van der Waals surface area contributed by atoms with Gasteiger partial charge in [-0.15, -0.1) is 0 Å². The van der Waals surface area contributed by atoms with E-state index in [1.54, 1.807) is 12.1 Å². The molecule has 4 amide bonds. The Balaban J connectivity index is 2.91. The molecule has 188 valence electrons. The highest BCUT2D eigenvalue weighted by molar-refractivity contribution is 5.96. The third-order valence-corrected chi connectivity index (χ3v) is 4.63. The van der Waals surface area contributed by atoms with Gasteiger partial charge in [0, 0.05) is 0 Å². The first-order valence-corrected chi connectivity index (χ1v) is 10.1. The number of carbonyl (C=O) groups is 5. The zero-order valence-corrected chi connectivity index (χ0v) is 18.3. The normalized spacial score (nSPS) is 15.2. The number of phenolic OH excluding ortho intramolecular Hbond substituents is 1. The van der Waals surface area contributed by atoms with Gasteiger partial charge >= 0.3 is 5.97 Å². The molecule has 1 rings (SSSR count). The fraction of sp³-hybridized carbons (Fsp3) is 0.450. The van der Waals surface area contributed by atoms with Crippen LogP contribution in [0.5, 0.6) is 5.75 Å². The second-order valence-corrected chi connectivity index (χ2v) is 7.52. The van der Waals surface area contributed by atoms with Crippen LogP contribution >= 0.6 is 0 Å². The zero-order chi connectivity index (χ0) is 26.0. The Bertz CT molecular complexity index is 891. The molecule has 11 N–H and O–H groups in total. The van der Waals surface area contributed by atoms with Gasteiger partial charge in [-0.3, -0.25) is 19.2 Å². The Kier molecular flexibility index (Phi) is 10.9. The minimum absolute atomic E-state index is 0.0188. The summed E-state index contributed by atoms with van der Waals surface area (Å²) < 4.78 is 0. The molecular weight excluding hydrogens is 454 g/mol. The van der Waals surface area contributed by atoms with Crippen LogP contribution in [0.3, 0.4) is 0 Å². The van der Waals surface area contributed by atoms with Gasteiger partial charge in [-0.1, -0.05) is 12.1 Å². The molecule has 1 aromatic carbocycles.